The number of hydrogen-bond donors (Lipinski definition) is 0. The van der Waals surface area contributed by atoms with Gasteiger partial charge in [0.15, 0.2) is 11.0 Å². The minimum Gasteiger partial charge on any atom is -0.338 e. The fourth-order valence-corrected chi connectivity index (χ4v) is 2.54. The number of carbonyl (C=O) groups excluding carboxylic acids is 1. The van der Waals surface area contributed by atoms with E-state index in [1.165, 1.54) is 0 Å². The summed E-state index contributed by atoms with van der Waals surface area (Å²) in [6.45, 7) is 3.42. The van der Waals surface area contributed by atoms with Crippen LogP contribution in [-0.2, 0) is 0 Å². The van der Waals surface area contributed by atoms with Crippen LogP contribution in [0.2, 0.25) is 10.3 Å². The van der Waals surface area contributed by atoms with Gasteiger partial charge in [-0.3, -0.25) is 4.79 Å². The maximum atomic E-state index is 13.3. The zero-order valence-electron chi connectivity index (χ0n) is 9.92. The van der Waals surface area contributed by atoms with E-state index in [1.807, 2.05) is 0 Å². The Morgan fingerprint density at radius 2 is 2.22 bits per heavy atom. The molecular weight excluding hydrogens is 278 g/mol. The van der Waals surface area contributed by atoms with Crippen LogP contribution < -0.4 is 0 Å². The number of nitrogens with zero attached hydrogens (tertiary/aromatic N) is 2. The molecule has 0 bridgehead atoms. The van der Waals surface area contributed by atoms with Crippen molar-refractivity contribution in [3.8, 4) is 0 Å². The topological polar surface area (TPSA) is 33.2 Å². The average molecular weight is 291 g/mol. The number of piperidine rings is 1. The van der Waals surface area contributed by atoms with Crippen molar-refractivity contribution in [3.63, 3.8) is 0 Å². The first-order valence-electron chi connectivity index (χ1n) is 5.80. The van der Waals surface area contributed by atoms with Crippen molar-refractivity contribution in [1.29, 1.82) is 0 Å². The number of hydrogen-bond acceptors (Lipinski definition) is 2. The van der Waals surface area contributed by atoms with E-state index in [0.717, 1.165) is 18.9 Å². The molecule has 6 heteroatoms. The molecule has 98 valence electrons. The number of amides is 1. The highest BCUT2D eigenvalue weighted by Gasteiger charge is 2.25. The molecule has 2 heterocycles. The minimum absolute atomic E-state index is 0.0513. The van der Waals surface area contributed by atoms with Crippen molar-refractivity contribution in [2.24, 2.45) is 5.92 Å². The molecule has 1 atom stereocenters. The second kappa shape index (κ2) is 5.41. The number of pyridine rings is 1. The molecule has 0 aromatic carbocycles. The number of rotatable bonds is 1. The summed E-state index contributed by atoms with van der Waals surface area (Å²) in [6, 6.07) is 1.05. The fourth-order valence-electron chi connectivity index (χ4n) is 2.14. The minimum atomic E-state index is -0.727. The lowest BCUT2D eigenvalue weighted by molar-refractivity contribution is 0.0682. The van der Waals surface area contributed by atoms with E-state index in [-0.39, 0.29) is 21.8 Å². The second-order valence-electron chi connectivity index (χ2n) is 4.60. The highest BCUT2D eigenvalue weighted by atomic mass is 35.5. The molecule has 2 rings (SSSR count). The Morgan fingerprint density at radius 3 is 2.89 bits per heavy atom. The summed E-state index contributed by atoms with van der Waals surface area (Å²) in [7, 11) is 0. The first kappa shape index (κ1) is 13.6. The van der Waals surface area contributed by atoms with Gasteiger partial charge in [-0.1, -0.05) is 30.1 Å². The van der Waals surface area contributed by atoms with Gasteiger partial charge in [-0.15, -0.1) is 0 Å². The molecule has 0 aliphatic carbocycles. The molecule has 18 heavy (non-hydrogen) atoms. The van der Waals surface area contributed by atoms with Crippen molar-refractivity contribution in [2.45, 2.75) is 19.8 Å². The standard InChI is InChI=1S/C12H13Cl2FN2O/c1-7-3-2-4-17(6-7)12(18)8-5-9(15)11(14)16-10(8)13/h5,7H,2-4,6H2,1H3. The SMILES string of the molecule is CC1CCCN(C(=O)c2cc(F)c(Cl)nc2Cl)C1. The molecule has 1 saturated heterocycles. The van der Waals surface area contributed by atoms with Gasteiger partial charge in [-0.25, -0.2) is 9.37 Å². The maximum absolute atomic E-state index is 13.3. The van der Waals surface area contributed by atoms with Crippen LogP contribution in [0.4, 0.5) is 4.39 Å². The summed E-state index contributed by atoms with van der Waals surface area (Å²) in [5, 5.41) is -0.367. The van der Waals surface area contributed by atoms with Crippen LogP contribution in [-0.4, -0.2) is 28.9 Å². The van der Waals surface area contributed by atoms with Crippen LogP contribution in [0.1, 0.15) is 30.1 Å². The Morgan fingerprint density at radius 1 is 1.50 bits per heavy atom. The normalized spacial score (nSPS) is 20.0. The second-order valence-corrected chi connectivity index (χ2v) is 5.31. The predicted octanol–water partition coefficient (Wildman–Crippen LogP) is 3.40. The lowest BCUT2D eigenvalue weighted by atomic mass is 10.00. The van der Waals surface area contributed by atoms with E-state index in [4.69, 9.17) is 23.2 Å². The molecule has 0 spiro atoms. The molecule has 3 nitrogen and oxygen atoms in total. The Hall–Kier alpha value is -0.870. The van der Waals surface area contributed by atoms with Gasteiger partial charge in [0.1, 0.15) is 5.15 Å². The number of likely N-dealkylation sites (tertiary alicyclic amines) is 1. The van der Waals surface area contributed by atoms with E-state index in [9.17, 15) is 9.18 Å². The molecule has 0 saturated carbocycles. The Bertz CT molecular complexity index is 481. The zero-order chi connectivity index (χ0) is 13.3. The Kier molecular flexibility index (Phi) is 4.07. The predicted molar refractivity (Wildman–Crippen MR) is 68.5 cm³/mol. The zero-order valence-corrected chi connectivity index (χ0v) is 11.4. The summed E-state index contributed by atoms with van der Waals surface area (Å²) in [5.74, 6) is -0.560. The maximum Gasteiger partial charge on any atom is 0.257 e. The highest BCUT2D eigenvalue weighted by molar-refractivity contribution is 6.34. The van der Waals surface area contributed by atoms with Gasteiger partial charge >= 0.3 is 0 Å². The van der Waals surface area contributed by atoms with Gasteiger partial charge < -0.3 is 4.90 Å². The van der Waals surface area contributed by atoms with Gasteiger partial charge in [0.25, 0.3) is 5.91 Å². The summed E-state index contributed by atoms with van der Waals surface area (Å²) >= 11 is 11.3. The lowest BCUT2D eigenvalue weighted by Gasteiger charge is -2.31. The van der Waals surface area contributed by atoms with Crippen molar-refractivity contribution in [2.75, 3.05) is 13.1 Å². The van der Waals surface area contributed by atoms with Gasteiger partial charge in [-0.2, -0.15) is 0 Å². The molecule has 1 amide bonds. The van der Waals surface area contributed by atoms with Gasteiger partial charge in [0.05, 0.1) is 5.56 Å². The molecule has 1 unspecified atom stereocenters. The first-order chi connectivity index (χ1) is 8.49. The van der Waals surface area contributed by atoms with Crippen LogP contribution in [0.5, 0.6) is 0 Å². The highest BCUT2D eigenvalue weighted by Crippen LogP contribution is 2.24. The third-order valence-corrected chi connectivity index (χ3v) is 3.61. The molecular formula is C12H13Cl2FN2O. The number of carbonyl (C=O) groups is 1. The first-order valence-corrected chi connectivity index (χ1v) is 6.55. The van der Waals surface area contributed by atoms with E-state index in [0.29, 0.717) is 19.0 Å². The van der Waals surface area contributed by atoms with Crippen LogP contribution >= 0.6 is 23.2 Å². The smallest absolute Gasteiger partial charge is 0.257 e. The van der Waals surface area contributed by atoms with Crippen LogP contribution in [0, 0.1) is 11.7 Å². The molecule has 1 aliphatic heterocycles. The van der Waals surface area contributed by atoms with Crippen molar-refractivity contribution in [1.82, 2.24) is 9.88 Å². The van der Waals surface area contributed by atoms with E-state index >= 15 is 0 Å². The Balaban J connectivity index is 2.25. The van der Waals surface area contributed by atoms with E-state index < -0.39 is 5.82 Å². The van der Waals surface area contributed by atoms with Gasteiger partial charge in [-0.05, 0) is 24.8 Å². The van der Waals surface area contributed by atoms with Gasteiger partial charge in [0, 0.05) is 13.1 Å². The van der Waals surface area contributed by atoms with Crippen LogP contribution in [0.15, 0.2) is 6.07 Å². The third-order valence-electron chi connectivity index (χ3n) is 3.06. The summed E-state index contributed by atoms with van der Waals surface area (Å²) < 4.78 is 13.3. The molecule has 0 N–H and O–H groups in total. The van der Waals surface area contributed by atoms with E-state index in [1.54, 1.807) is 4.90 Å². The summed E-state index contributed by atoms with van der Waals surface area (Å²) in [5.41, 5.74) is 0.0765. The average Bonchev–Trinajstić information content (AvgIpc) is 2.33. The molecule has 0 radical (unpaired) electrons. The van der Waals surface area contributed by atoms with E-state index in [2.05, 4.69) is 11.9 Å². The van der Waals surface area contributed by atoms with Crippen LogP contribution in [0.25, 0.3) is 0 Å². The largest absolute Gasteiger partial charge is 0.338 e. The fraction of sp³-hybridized carbons (Fsp3) is 0.500. The van der Waals surface area contributed by atoms with Crippen molar-refractivity contribution >= 4 is 29.1 Å². The van der Waals surface area contributed by atoms with Crippen molar-refractivity contribution in [3.05, 3.63) is 27.8 Å². The van der Waals surface area contributed by atoms with Crippen molar-refractivity contribution < 1.29 is 9.18 Å². The number of aromatic nitrogens is 1. The molecule has 1 aromatic heterocycles. The lowest BCUT2D eigenvalue weighted by Crippen LogP contribution is -2.39. The molecule has 1 aromatic rings. The Labute approximate surface area is 115 Å². The quantitative estimate of drug-likeness (QED) is 0.743. The third kappa shape index (κ3) is 2.75. The molecule has 1 fully saturated rings. The number of halogens is 3. The van der Waals surface area contributed by atoms with Gasteiger partial charge in [0.2, 0.25) is 0 Å². The molecule has 1 aliphatic rings. The summed E-state index contributed by atoms with van der Waals surface area (Å²) in [4.78, 5) is 17.5. The van der Waals surface area contributed by atoms with Crippen LogP contribution in [0.3, 0.4) is 0 Å². The summed E-state index contributed by atoms with van der Waals surface area (Å²) in [6.07, 6.45) is 2.05. The monoisotopic (exact) mass is 290 g/mol.